The van der Waals surface area contributed by atoms with Gasteiger partial charge in [0.1, 0.15) is 17.2 Å². The number of benzene rings is 1. The minimum atomic E-state index is -0.315. The average molecular weight is 390 g/mol. The van der Waals surface area contributed by atoms with Crippen molar-refractivity contribution < 1.29 is 14.3 Å². The largest absolute Gasteiger partial charge is 0.395 e. The van der Waals surface area contributed by atoms with Gasteiger partial charge in [-0.15, -0.1) is 0 Å². The number of pyridine rings is 2. The van der Waals surface area contributed by atoms with Gasteiger partial charge in [0.25, 0.3) is 5.91 Å². The summed E-state index contributed by atoms with van der Waals surface area (Å²) in [7, 11) is 0. The number of nitrogens with zero attached hydrogens (tertiary/aromatic N) is 3. The van der Waals surface area contributed by atoms with Gasteiger partial charge in [0.05, 0.1) is 18.5 Å². The van der Waals surface area contributed by atoms with Crippen LogP contribution in [-0.2, 0) is 0 Å². The lowest BCUT2D eigenvalue weighted by molar-refractivity contribution is 0.0939. The summed E-state index contributed by atoms with van der Waals surface area (Å²) in [5.74, 6) is -0.575. The molecule has 0 saturated heterocycles. The second-order valence-corrected chi connectivity index (χ2v) is 6.63. The average Bonchev–Trinajstić information content (AvgIpc) is 3.17. The highest BCUT2D eigenvalue weighted by atomic mass is 19.1. The molecule has 3 heterocycles. The molecule has 0 radical (unpaired) electrons. The van der Waals surface area contributed by atoms with Crippen LogP contribution in [0.3, 0.4) is 0 Å². The van der Waals surface area contributed by atoms with Gasteiger partial charge in [-0.05, 0) is 48.9 Å². The standard InChI is InChI=1S/C22H19FN4O2/c1-14-11-15(4-6-18(14)23)21-17(3-2-8-24-21)16-5-7-20-26-12-19(27(20)13-16)22(29)25-9-10-28/h2-8,11-13,28H,9-10H2,1H3,(H,25,29). The lowest BCUT2D eigenvalue weighted by Gasteiger charge is -2.11. The molecule has 0 aliphatic carbocycles. The molecule has 146 valence electrons. The van der Waals surface area contributed by atoms with Gasteiger partial charge in [-0.25, -0.2) is 9.37 Å². The summed E-state index contributed by atoms with van der Waals surface area (Å²) in [6.07, 6.45) is 5.02. The summed E-state index contributed by atoms with van der Waals surface area (Å²) < 4.78 is 15.4. The number of halogens is 1. The topological polar surface area (TPSA) is 79.5 Å². The van der Waals surface area contributed by atoms with E-state index in [1.807, 2.05) is 30.5 Å². The summed E-state index contributed by atoms with van der Waals surface area (Å²) in [5.41, 5.74) is 4.79. The van der Waals surface area contributed by atoms with Gasteiger partial charge in [-0.1, -0.05) is 6.07 Å². The van der Waals surface area contributed by atoms with E-state index in [1.54, 1.807) is 29.7 Å². The first-order chi connectivity index (χ1) is 14.1. The summed E-state index contributed by atoms with van der Waals surface area (Å²) in [6.45, 7) is 1.75. The van der Waals surface area contributed by atoms with E-state index in [0.29, 0.717) is 16.9 Å². The van der Waals surface area contributed by atoms with Crippen LogP contribution in [0, 0.1) is 12.7 Å². The molecular weight excluding hydrogens is 371 g/mol. The summed E-state index contributed by atoms with van der Waals surface area (Å²) >= 11 is 0. The van der Waals surface area contributed by atoms with Crippen molar-refractivity contribution in [2.75, 3.05) is 13.2 Å². The van der Waals surface area contributed by atoms with Gasteiger partial charge in [-0.3, -0.25) is 14.2 Å². The number of imidazole rings is 1. The van der Waals surface area contributed by atoms with Crippen molar-refractivity contribution in [2.45, 2.75) is 6.92 Å². The fraction of sp³-hybridized carbons (Fsp3) is 0.136. The molecule has 0 aliphatic heterocycles. The molecule has 0 aliphatic rings. The van der Waals surface area contributed by atoms with Crippen LogP contribution < -0.4 is 5.32 Å². The predicted octanol–water partition coefficient (Wildman–Crippen LogP) is 3.23. The van der Waals surface area contributed by atoms with Crippen LogP contribution in [-0.4, -0.2) is 38.5 Å². The number of fused-ring (bicyclic) bond motifs is 1. The third kappa shape index (κ3) is 3.60. The normalized spacial score (nSPS) is 11.0. The molecule has 0 spiro atoms. The second kappa shape index (κ2) is 7.81. The molecule has 0 atom stereocenters. The maximum absolute atomic E-state index is 13.7. The summed E-state index contributed by atoms with van der Waals surface area (Å²) in [5, 5.41) is 11.6. The van der Waals surface area contributed by atoms with E-state index in [1.165, 1.54) is 12.3 Å². The van der Waals surface area contributed by atoms with Crippen molar-refractivity contribution in [3.8, 4) is 22.4 Å². The maximum atomic E-state index is 13.7. The monoisotopic (exact) mass is 390 g/mol. The number of hydrogen-bond donors (Lipinski definition) is 2. The molecule has 2 N–H and O–H groups in total. The molecule has 6 nitrogen and oxygen atoms in total. The highest BCUT2D eigenvalue weighted by Gasteiger charge is 2.15. The number of nitrogens with one attached hydrogen (secondary N) is 1. The number of carbonyl (C=O) groups is 1. The smallest absolute Gasteiger partial charge is 0.270 e. The third-order valence-corrected chi connectivity index (χ3v) is 4.69. The van der Waals surface area contributed by atoms with E-state index >= 15 is 0 Å². The first-order valence-corrected chi connectivity index (χ1v) is 9.16. The number of amides is 1. The Morgan fingerprint density at radius 1 is 1.17 bits per heavy atom. The molecule has 4 rings (SSSR count). The number of rotatable bonds is 5. The molecule has 0 bridgehead atoms. The Balaban J connectivity index is 1.81. The van der Waals surface area contributed by atoms with Crippen LogP contribution in [0.15, 0.2) is 61.1 Å². The molecule has 1 amide bonds. The van der Waals surface area contributed by atoms with Gasteiger partial charge in [0.2, 0.25) is 0 Å². The number of aromatic nitrogens is 3. The lowest BCUT2D eigenvalue weighted by atomic mass is 9.99. The van der Waals surface area contributed by atoms with Crippen molar-refractivity contribution in [3.05, 3.63) is 78.1 Å². The second-order valence-electron chi connectivity index (χ2n) is 6.63. The van der Waals surface area contributed by atoms with Crippen molar-refractivity contribution in [2.24, 2.45) is 0 Å². The zero-order valence-electron chi connectivity index (χ0n) is 15.8. The van der Waals surface area contributed by atoms with Crippen LogP contribution >= 0.6 is 0 Å². The van der Waals surface area contributed by atoms with E-state index in [2.05, 4.69) is 15.3 Å². The lowest BCUT2D eigenvalue weighted by Crippen LogP contribution is -2.27. The molecule has 0 saturated carbocycles. The Hall–Kier alpha value is -3.58. The fourth-order valence-electron chi connectivity index (χ4n) is 3.23. The Morgan fingerprint density at radius 2 is 2.00 bits per heavy atom. The number of aryl methyl sites for hydroxylation is 1. The van der Waals surface area contributed by atoms with Crippen molar-refractivity contribution in [1.82, 2.24) is 19.7 Å². The zero-order chi connectivity index (χ0) is 20.4. The molecule has 7 heteroatoms. The minimum absolute atomic E-state index is 0.135. The Kier molecular flexibility index (Phi) is 5.05. The predicted molar refractivity (Wildman–Crippen MR) is 108 cm³/mol. The van der Waals surface area contributed by atoms with Gasteiger partial charge in [0.15, 0.2) is 0 Å². The van der Waals surface area contributed by atoms with Gasteiger partial charge in [-0.2, -0.15) is 0 Å². The first-order valence-electron chi connectivity index (χ1n) is 9.16. The van der Waals surface area contributed by atoms with E-state index in [4.69, 9.17) is 5.11 Å². The fourth-order valence-corrected chi connectivity index (χ4v) is 3.23. The third-order valence-electron chi connectivity index (χ3n) is 4.69. The molecule has 0 unspecified atom stereocenters. The number of hydrogen-bond acceptors (Lipinski definition) is 4. The molecule has 3 aromatic heterocycles. The van der Waals surface area contributed by atoms with Crippen LogP contribution in [0.4, 0.5) is 4.39 Å². The quantitative estimate of drug-likeness (QED) is 0.548. The SMILES string of the molecule is Cc1cc(-c2ncccc2-c2ccc3ncc(C(=O)NCCO)n3c2)ccc1F. The summed E-state index contributed by atoms with van der Waals surface area (Å²) in [4.78, 5) is 21.1. The molecule has 1 aromatic carbocycles. The zero-order valence-corrected chi connectivity index (χ0v) is 15.8. The van der Waals surface area contributed by atoms with E-state index in [0.717, 1.165) is 22.4 Å². The highest BCUT2D eigenvalue weighted by molar-refractivity contribution is 5.93. The molecule has 4 aromatic rings. The van der Waals surface area contributed by atoms with Gasteiger partial charge in [0, 0.05) is 35.6 Å². The number of aliphatic hydroxyl groups excluding tert-OH is 1. The van der Waals surface area contributed by atoms with Crippen LogP contribution in [0.2, 0.25) is 0 Å². The van der Waals surface area contributed by atoms with Crippen molar-refractivity contribution in [3.63, 3.8) is 0 Å². The minimum Gasteiger partial charge on any atom is -0.395 e. The molecular formula is C22H19FN4O2. The van der Waals surface area contributed by atoms with Crippen molar-refractivity contribution in [1.29, 1.82) is 0 Å². The van der Waals surface area contributed by atoms with E-state index in [9.17, 15) is 9.18 Å². The van der Waals surface area contributed by atoms with Gasteiger partial charge < -0.3 is 10.4 Å². The number of carbonyl (C=O) groups excluding carboxylic acids is 1. The Labute approximate surface area is 166 Å². The Bertz CT molecular complexity index is 1200. The highest BCUT2D eigenvalue weighted by Crippen LogP contribution is 2.31. The molecule has 0 fully saturated rings. The summed E-state index contributed by atoms with van der Waals surface area (Å²) in [6, 6.07) is 12.4. The first kappa shape index (κ1) is 18.8. The Morgan fingerprint density at radius 3 is 2.79 bits per heavy atom. The van der Waals surface area contributed by atoms with Gasteiger partial charge >= 0.3 is 0 Å². The van der Waals surface area contributed by atoms with E-state index < -0.39 is 0 Å². The van der Waals surface area contributed by atoms with Crippen LogP contribution in [0.5, 0.6) is 0 Å². The van der Waals surface area contributed by atoms with Crippen LogP contribution in [0.25, 0.3) is 28.0 Å². The van der Waals surface area contributed by atoms with Crippen molar-refractivity contribution >= 4 is 11.6 Å². The van der Waals surface area contributed by atoms with Crippen LogP contribution in [0.1, 0.15) is 16.1 Å². The van der Waals surface area contributed by atoms with E-state index in [-0.39, 0.29) is 24.9 Å². The molecule has 29 heavy (non-hydrogen) atoms. The number of aliphatic hydroxyl groups is 1. The maximum Gasteiger partial charge on any atom is 0.270 e.